The second-order valence-corrected chi connectivity index (χ2v) is 6.73. The zero-order chi connectivity index (χ0) is 14.3. The smallest absolute Gasteiger partial charge is 0.241 e. The van der Waals surface area contributed by atoms with Gasteiger partial charge < -0.3 is 10.6 Å². The first kappa shape index (κ1) is 14.5. The van der Waals surface area contributed by atoms with Gasteiger partial charge in [0.2, 0.25) is 5.91 Å². The molecule has 3 rings (SSSR count). The minimum atomic E-state index is -0.148. The van der Waals surface area contributed by atoms with Crippen LogP contribution in [0, 0.1) is 11.8 Å². The zero-order valence-corrected chi connectivity index (χ0v) is 13.0. The van der Waals surface area contributed by atoms with Gasteiger partial charge in [0.1, 0.15) is 0 Å². The Morgan fingerprint density at radius 3 is 2.60 bits per heavy atom. The maximum atomic E-state index is 12.4. The SMILES string of the molecule is O=C(Nc1c(Cl)cc(Cl)cc1Cl)C1NCC2CCCC21. The molecule has 20 heavy (non-hydrogen) atoms. The van der Waals surface area contributed by atoms with Crippen molar-refractivity contribution >= 4 is 46.4 Å². The van der Waals surface area contributed by atoms with E-state index in [1.807, 2.05) is 0 Å². The van der Waals surface area contributed by atoms with Gasteiger partial charge in [-0.3, -0.25) is 4.79 Å². The Morgan fingerprint density at radius 1 is 1.20 bits per heavy atom. The Labute approximate surface area is 133 Å². The lowest BCUT2D eigenvalue weighted by atomic mass is 9.93. The highest BCUT2D eigenvalue weighted by atomic mass is 35.5. The van der Waals surface area contributed by atoms with Crippen LogP contribution < -0.4 is 10.6 Å². The van der Waals surface area contributed by atoms with Gasteiger partial charge in [0.15, 0.2) is 0 Å². The molecule has 1 aromatic rings. The fourth-order valence-corrected chi connectivity index (χ4v) is 4.25. The van der Waals surface area contributed by atoms with Crippen molar-refractivity contribution in [3.8, 4) is 0 Å². The van der Waals surface area contributed by atoms with Crippen molar-refractivity contribution in [2.75, 3.05) is 11.9 Å². The van der Waals surface area contributed by atoms with Crippen LogP contribution in [0.2, 0.25) is 15.1 Å². The predicted molar refractivity (Wildman–Crippen MR) is 82.7 cm³/mol. The predicted octanol–water partition coefficient (Wildman–Crippen LogP) is 3.97. The van der Waals surface area contributed by atoms with Crippen molar-refractivity contribution in [1.82, 2.24) is 5.32 Å². The van der Waals surface area contributed by atoms with E-state index >= 15 is 0 Å². The third-order valence-corrected chi connectivity index (χ3v) is 5.10. The molecule has 1 amide bonds. The van der Waals surface area contributed by atoms with E-state index in [-0.39, 0.29) is 11.9 Å². The number of rotatable bonds is 2. The van der Waals surface area contributed by atoms with Crippen molar-refractivity contribution in [2.24, 2.45) is 11.8 Å². The van der Waals surface area contributed by atoms with Crippen molar-refractivity contribution in [3.63, 3.8) is 0 Å². The van der Waals surface area contributed by atoms with Gasteiger partial charge in [-0.2, -0.15) is 0 Å². The molecule has 3 nitrogen and oxygen atoms in total. The van der Waals surface area contributed by atoms with E-state index in [9.17, 15) is 4.79 Å². The van der Waals surface area contributed by atoms with Crippen LogP contribution in [-0.2, 0) is 4.79 Å². The van der Waals surface area contributed by atoms with Gasteiger partial charge in [-0.1, -0.05) is 41.2 Å². The van der Waals surface area contributed by atoms with Crippen molar-refractivity contribution < 1.29 is 4.79 Å². The highest BCUT2D eigenvalue weighted by Crippen LogP contribution is 2.39. The lowest BCUT2D eigenvalue weighted by Gasteiger charge is -2.18. The largest absolute Gasteiger partial charge is 0.322 e. The number of hydrogen-bond donors (Lipinski definition) is 2. The Morgan fingerprint density at radius 2 is 1.90 bits per heavy atom. The normalized spacial score (nSPS) is 28.4. The summed E-state index contributed by atoms with van der Waals surface area (Å²) in [5.41, 5.74) is 0.436. The average molecular weight is 334 g/mol. The minimum Gasteiger partial charge on any atom is -0.322 e. The number of carbonyl (C=O) groups excluding carboxylic acids is 1. The molecule has 2 aliphatic rings. The molecule has 2 fully saturated rings. The second-order valence-electron chi connectivity index (χ2n) is 5.47. The monoisotopic (exact) mass is 332 g/mol. The lowest BCUT2D eigenvalue weighted by Crippen LogP contribution is -2.39. The quantitative estimate of drug-likeness (QED) is 0.859. The van der Waals surface area contributed by atoms with Crippen molar-refractivity contribution in [3.05, 3.63) is 27.2 Å². The molecule has 108 valence electrons. The molecular weight excluding hydrogens is 319 g/mol. The topological polar surface area (TPSA) is 41.1 Å². The van der Waals surface area contributed by atoms with Crippen LogP contribution in [-0.4, -0.2) is 18.5 Å². The number of halogens is 3. The molecule has 1 aliphatic carbocycles. The second kappa shape index (κ2) is 5.72. The highest BCUT2D eigenvalue weighted by molar-refractivity contribution is 6.42. The van der Waals surface area contributed by atoms with E-state index in [1.165, 1.54) is 12.8 Å². The summed E-state index contributed by atoms with van der Waals surface area (Å²) in [7, 11) is 0. The molecule has 1 saturated carbocycles. The number of benzene rings is 1. The Bertz CT molecular complexity index is 526. The Balaban J connectivity index is 1.76. The molecule has 0 bridgehead atoms. The molecule has 1 aromatic carbocycles. The summed E-state index contributed by atoms with van der Waals surface area (Å²) >= 11 is 18.1. The maximum absolute atomic E-state index is 12.4. The Kier molecular flexibility index (Phi) is 4.14. The Hall–Kier alpha value is -0.480. The number of nitrogens with one attached hydrogen (secondary N) is 2. The van der Waals surface area contributed by atoms with E-state index in [0.717, 1.165) is 13.0 Å². The first-order valence-electron chi connectivity index (χ1n) is 6.75. The van der Waals surface area contributed by atoms with E-state index in [1.54, 1.807) is 12.1 Å². The number of carbonyl (C=O) groups is 1. The molecule has 2 N–H and O–H groups in total. The summed E-state index contributed by atoms with van der Waals surface area (Å²) in [4.78, 5) is 12.4. The zero-order valence-electron chi connectivity index (χ0n) is 10.8. The van der Waals surface area contributed by atoms with Gasteiger partial charge >= 0.3 is 0 Å². The summed E-state index contributed by atoms with van der Waals surface area (Å²) in [5.74, 6) is 0.993. The third-order valence-electron chi connectivity index (χ3n) is 4.28. The molecule has 1 heterocycles. The molecule has 0 spiro atoms. The molecular formula is C14H15Cl3N2O. The van der Waals surface area contributed by atoms with Gasteiger partial charge in [-0.15, -0.1) is 0 Å². The summed E-state index contributed by atoms with van der Waals surface area (Å²) in [6, 6.07) is 3.00. The average Bonchev–Trinajstić information content (AvgIpc) is 2.95. The van der Waals surface area contributed by atoms with Crippen LogP contribution >= 0.6 is 34.8 Å². The lowest BCUT2D eigenvalue weighted by molar-refractivity contribution is -0.118. The third kappa shape index (κ3) is 2.64. The summed E-state index contributed by atoms with van der Waals surface area (Å²) in [5, 5.41) is 7.31. The van der Waals surface area contributed by atoms with Crippen LogP contribution in [0.25, 0.3) is 0 Å². The van der Waals surface area contributed by atoms with Gasteiger partial charge in [-0.25, -0.2) is 0 Å². The van der Waals surface area contributed by atoms with Crippen molar-refractivity contribution in [1.29, 1.82) is 0 Å². The summed E-state index contributed by atoms with van der Waals surface area (Å²) in [6.45, 7) is 0.921. The van der Waals surface area contributed by atoms with E-state index in [4.69, 9.17) is 34.8 Å². The van der Waals surface area contributed by atoms with E-state index < -0.39 is 0 Å². The number of hydrogen-bond acceptors (Lipinski definition) is 2. The van der Waals surface area contributed by atoms with Gasteiger partial charge in [0.05, 0.1) is 21.8 Å². The maximum Gasteiger partial charge on any atom is 0.241 e. The van der Waals surface area contributed by atoms with Gasteiger partial charge in [0.25, 0.3) is 0 Å². The molecule has 0 aromatic heterocycles. The fourth-order valence-electron chi connectivity index (χ4n) is 3.34. The fraction of sp³-hybridized carbons (Fsp3) is 0.500. The standard InChI is InChI=1S/C14H15Cl3N2O/c15-8-4-10(16)13(11(17)5-8)19-14(20)12-9-3-1-2-7(9)6-18-12/h4-5,7,9,12,18H,1-3,6H2,(H,19,20). The van der Waals surface area contributed by atoms with Crippen LogP contribution in [0.1, 0.15) is 19.3 Å². The molecule has 6 heteroatoms. The number of anilines is 1. The van der Waals surface area contributed by atoms with Crippen LogP contribution in [0.3, 0.4) is 0 Å². The molecule has 0 radical (unpaired) electrons. The van der Waals surface area contributed by atoms with Crippen LogP contribution in [0.15, 0.2) is 12.1 Å². The molecule has 3 atom stereocenters. The van der Waals surface area contributed by atoms with Crippen LogP contribution in [0.5, 0.6) is 0 Å². The summed E-state index contributed by atoms with van der Waals surface area (Å²) < 4.78 is 0. The minimum absolute atomic E-state index is 0.0643. The van der Waals surface area contributed by atoms with E-state index in [2.05, 4.69) is 10.6 Å². The first-order valence-corrected chi connectivity index (χ1v) is 7.88. The summed E-state index contributed by atoms with van der Waals surface area (Å²) in [6.07, 6.45) is 3.53. The molecule has 1 saturated heterocycles. The highest BCUT2D eigenvalue weighted by Gasteiger charge is 2.42. The molecule has 3 unspecified atom stereocenters. The number of amides is 1. The van der Waals surface area contributed by atoms with Crippen molar-refractivity contribution in [2.45, 2.75) is 25.3 Å². The number of fused-ring (bicyclic) bond motifs is 1. The van der Waals surface area contributed by atoms with E-state index in [0.29, 0.717) is 32.6 Å². The van der Waals surface area contributed by atoms with Gasteiger partial charge in [0, 0.05) is 5.02 Å². The van der Waals surface area contributed by atoms with Crippen LogP contribution in [0.4, 0.5) is 5.69 Å². The van der Waals surface area contributed by atoms with Gasteiger partial charge in [-0.05, 0) is 43.4 Å². The first-order chi connectivity index (χ1) is 9.56. The molecule has 1 aliphatic heterocycles.